The van der Waals surface area contributed by atoms with Crippen LogP contribution in [0.2, 0.25) is 15.2 Å². The molecule has 0 spiro atoms. The molecular formula is C12H6Cl3NO3. The molecule has 2 aromatic rings. The molecule has 0 bridgehead atoms. The number of benzene rings is 1. The van der Waals surface area contributed by atoms with Crippen LogP contribution in [0.1, 0.15) is 10.4 Å². The van der Waals surface area contributed by atoms with E-state index in [-0.39, 0.29) is 22.3 Å². The van der Waals surface area contributed by atoms with Gasteiger partial charge in [0.25, 0.3) is 0 Å². The number of halogens is 3. The molecule has 4 nitrogen and oxygen atoms in total. The number of aromatic carboxylic acids is 1. The van der Waals surface area contributed by atoms with E-state index in [0.717, 1.165) is 0 Å². The van der Waals surface area contributed by atoms with Crippen molar-refractivity contribution in [3.63, 3.8) is 0 Å². The van der Waals surface area contributed by atoms with Gasteiger partial charge in [-0.3, -0.25) is 0 Å². The zero-order valence-electron chi connectivity index (χ0n) is 9.23. The van der Waals surface area contributed by atoms with Crippen LogP contribution < -0.4 is 4.74 Å². The van der Waals surface area contributed by atoms with Gasteiger partial charge in [-0.15, -0.1) is 0 Å². The first-order valence-electron chi connectivity index (χ1n) is 4.99. The van der Waals surface area contributed by atoms with E-state index < -0.39 is 5.97 Å². The zero-order chi connectivity index (χ0) is 14.0. The Labute approximate surface area is 123 Å². The van der Waals surface area contributed by atoms with Gasteiger partial charge >= 0.3 is 5.97 Å². The highest BCUT2D eigenvalue weighted by atomic mass is 35.5. The molecule has 0 radical (unpaired) electrons. The van der Waals surface area contributed by atoms with Gasteiger partial charge in [0, 0.05) is 17.2 Å². The Hall–Kier alpha value is -1.49. The van der Waals surface area contributed by atoms with Gasteiger partial charge in [0.2, 0.25) is 5.88 Å². The third-order valence-corrected chi connectivity index (χ3v) is 2.87. The molecule has 1 N–H and O–H groups in total. The number of carboxylic acid groups (broad SMARTS) is 1. The molecule has 0 aliphatic heterocycles. The molecule has 2 rings (SSSR count). The fourth-order valence-electron chi connectivity index (χ4n) is 1.32. The Morgan fingerprint density at radius 1 is 1.16 bits per heavy atom. The quantitative estimate of drug-likeness (QED) is 0.844. The molecule has 0 unspecified atom stereocenters. The normalized spacial score (nSPS) is 10.3. The highest BCUT2D eigenvalue weighted by Crippen LogP contribution is 2.31. The van der Waals surface area contributed by atoms with E-state index in [9.17, 15) is 4.79 Å². The fourth-order valence-corrected chi connectivity index (χ4v) is 1.84. The molecule has 0 saturated carbocycles. The second-order valence-corrected chi connectivity index (χ2v) is 4.73. The van der Waals surface area contributed by atoms with Crippen molar-refractivity contribution >= 4 is 40.8 Å². The average Bonchev–Trinajstić information content (AvgIpc) is 2.33. The first-order chi connectivity index (χ1) is 8.95. The van der Waals surface area contributed by atoms with Crippen molar-refractivity contribution in [1.82, 2.24) is 4.98 Å². The van der Waals surface area contributed by atoms with E-state index >= 15 is 0 Å². The lowest BCUT2D eigenvalue weighted by Gasteiger charge is -2.08. The Kier molecular flexibility index (Phi) is 4.14. The van der Waals surface area contributed by atoms with Gasteiger partial charge in [-0.2, -0.15) is 0 Å². The van der Waals surface area contributed by atoms with Crippen LogP contribution in [0.5, 0.6) is 11.6 Å². The zero-order valence-corrected chi connectivity index (χ0v) is 11.5. The van der Waals surface area contributed by atoms with E-state index in [1.165, 1.54) is 18.2 Å². The Morgan fingerprint density at radius 3 is 2.58 bits per heavy atom. The molecule has 0 amide bonds. The van der Waals surface area contributed by atoms with Crippen molar-refractivity contribution in [2.75, 3.05) is 0 Å². The predicted octanol–water partition coefficient (Wildman–Crippen LogP) is 4.53. The third kappa shape index (κ3) is 3.50. The number of aromatic nitrogens is 1. The maximum atomic E-state index is 10.9. The third-order valence-electron chi connectivity index (χ3n) is 2.13. The molecule has 0 aliphatic carbocycles. The molecule has 0 aliphatic rings. The largest absolute Gasteiger partial charge is 0.478 e. The molecule has 1 aromatic heterocycles. The number of carboxylic acids is 1. The summed E-state index contributed by atoms with van der Waals surface area (Å²) in [6.45, 7) is 0. The van der Waals surface area contributed by atoms with E-state index in [4.69, 9.17) is 44.6 Å². The minimum atomic E-state index is -1.13. The van der Waals surface area contributed by atoms with Crippen molar-refractivity contribution in [2.45, 2.75) is 0 Å². The Morgan fingerprint density at radius 2 is 1.89 bits per heavy atom. The summed E-state index contributed by atoms with van der Waals surface area (Å²) in [5, 5.41) is 9.67. The highest BCUT2D eigenvalue weighted by Gasteiger charge is 2.11. The van der Waals surface area contributed by atoms with Crippen molar-refractivity contribution in [3.8, 4) is 11.6 Å². The van der Waals surface area contributed by atoms with Crippen molar-refractivity contribution in [1.29, 1.82) is 0 Å². The summed E-state index contributed by atoms with van der Waals surface area (Å²) < 4.78 is 5.39. The number of pyridine rings is 1. The van der Waals surface area contributed by atoms with E-state index in [1.807, 2.05) is 0 Å². The van der Waals surface area contributed by atoms with Crippen LogP contribution in [0.15, 0.2) is 30.3 Å². The number of rotatable bonds is 3. The van der Waals surface area contributed by atoms with Crippen LogP contribution in [0.25, 0.3) is 0 Å². The molecule has 1 aromatic carbocycles. The number of nitrogens with zero attached hydrogens (tertiary/aromatic N) is 1. The molecule has 7 heteroatoms. The maximum Gasteiger partial charge on any atom is 0.335 e. The van der Waals surface area contributed by atoms with Gasteiger partial charge < -0.3 is 9.84 Å². The van der Waals surface area contributed by atoms with Crippen LogP contribution in [0.3, 0.4) is 0 Å². The van der Waals surface area contributed by atoms with Gasteiger partial charge in [-0.1, -0.05) is 34.8 Å². The summed E-state index contributed by atoms with van der Waals surface area (Å²) >= 11 is 17.5. The molecule has 0 atom stereocenters. The summed E-state index contributed by atoms with van der Waals surface area (Å²) in [5.74, 6) is -0.847. The Bertz CT molecular complexity index is 646. The molecule has 98 valence electrons. The molecule has 19 heavy (non-hydrogen) atoms. The number of hydrogen-bond acceptors (Lipinski definition) is 3. The van der Waals surface area contributed by atoms with E-state index in [0.29, 0.717) is 10.0 Å². The lowest BCUT2D eigenvalue weighted by atomic mass is 10.3. The number of ether oxygens (including phenoxy) is 1. The van der Waals surface area contributed by atoms with Crippen LogP contribution in [-0.4, -0.2) is 16.1 Å². The molecule has 1 heterocycles. The van der Waals surface area contributed by atoms with E-state index in [2.05, 4.69) is 4.98 Å². The summed E-state index contributed by atoms with van der Waals surface area (Å²) in [5.41, 5.74) is -0.0341. The van der Waals surface area contributed by atoms with Crippen molar-refractivity contribution < 1.29 is 14.6 Å². The average molecular weight is 319 g/mol. The second-order valence-electron chi connectivity index (χ2n) is 3.50. The lowest BCUT2D eigenvalue weighted by molar-refractivity contribution is 0.0696. The number of carbonyl (C=O) groups is 1. The van der Waals surface area contributed by atoms with Gasteiger partial charge in [-0.25, -0.2) is 9.78 Å². The summed E-state index contributed by atoms with van der Waals surface area (Å²) in [4.78, 5) is 14.8. The topological polar surface area (TPSA) is 59.4 Å². The first-order valence-corrected chi connectivity index (χ1v) is 6.13. The van der Waals surface area contributed by atoms with Crippen molar-refractivity contribution in [2.24, 2.45) is 0 Å². The van der Waals surface area contributed by atoms with Crippen LogP contribution in [0, 0.1) is 0 Å². The minimum absolute atomic E-state index is 0.00745. The first kappa shape index (κ1) is 13.9. The van der Waals surface area contributed by atoms with E-state index in [1.54, 1.807) is 12.1 Å². The SMILES string of the molecule is O=C(O)c1cc(Cl)nc(Oc2cc(Cl)ccc2Cl)c1. The Balaban J connectivity index is 2.38. The smallest absolute Gasteiger partial charge is 0.335 e. The van der Waals surface area contributed by atoms with Gasteiger partial charge in [-0.05, 0) is 18.2 Å². The summed E-state index contributed by atoms with van der Waals surface area (Å²) in [7, 11) is 0. The van der Waals surface area contributed by atoms with Crippen LogP contribution in [-0.2, 0) is 0 Å². The van der Waals surface area contributed by atoms with Gasteiger partial charge in [0.1, 0.15) is 10.9 Å². The highest BCUT2D eigenvalue weighted by molar-refractivity contribution is 6.34. The van der Waals surface area contributed by atoms with Crippen LogP contribution >= 0.6 is 34.8 Å². The van der Waals surface area contributed by atoms with Gasteiger partial charge in [0.05, 0.1) is 10.6 Å². The monoisotopic (exact) mass is 317 g/mol. The lowest BCUT2D eigenvalue weighted by Crippen LogP contribution is -1.98. The number of hydrogen-bond donors (Lipinski definition) is 1. The summed E-state index contributed by atoms with van der Waals surface area (Å²) in [6.07, 6.45) is 0. The maximum absolute atomic E-state index is 10.9. The van der Waals surface area contributed by atoms with Crippen molar-refractivity contribution in [3.05, 3.63) is 51.1 Å². The second kappa shape index (κ2) is 5.65. The van der Waals surface area contributed by atoms with Gasteiger partial charge in [0.15, 0.2) is 0 Å². The predicted molar refractivity (Wildman–Crippen MR) is 72.7 cm³/mol. The van der Waals surface area contributed by atoms with Crippen LogP contribution in [0.4, 0.5) is 0 Å². The standard InChI is InChI=1S/C12H6Cl3NO3/c13-7-1-2-8(14)9(5-7)19-11-4-6(12(17)18)3-10(15)16-11/h1-5H,(H,17,18). The molecule has 0 saturated heterocycles. The fraction of sp³-hybridized carbons (Fsp3) is 0. The minimum Gasteiger partial charge on any atom is -0.478 e. The molecular weight excluding hydrogens is 312 g/mol. The molecule has 0 fully saturated rings. The summed E-state index contributed by atoms with van der Waals surface area (Å²) in [6, 6.07) is 7.11.